The third-order valence-corrected chi connectivity index (χ3v) is 6.33. The summed E-state index contributed by atoms with van der Waals surface area (Å²) in [7, 11) is -4.71. The molecule has 0 spiro atoms. The van der Waals surface area contributed by atoms with Crippen LogP contribution in [0.3, 0.4) is 0 Å². The molecule has 0 bridgehead atoms. The van der Waals surface area contributed by atoms with Crippen molar-refractivity contribution in [2.45, 2.75) is 96.9 Å². The van der Waals surface area contributed by atoms with Crippen LogP contribution in [0.1, 0.15) is 26.7 Å². The molecule has 0 saturated carbocycles. The van der Waals surface area contributed by atoms with Crippen LogP contribution in [0.2, 0.25) is 58.9 Å². The number of hydrogen-bond donors (Lipinski definition) is 1. The highest BCUT2D eigenvalue weighted by Gasteiger charge is 2.41. The van der Waals surface area contributed by atoms with Crippen molar-refractivity contribution in [1.29, 1.82) is 0 Å². The van der Waals surface area contributed by atoms with Gasteiger partial charge in [-0.15, -0.1) is 0 Å². The summed E-state index contributed by atoms with van der Waals surface area (Å²) in [5, 5.41) is 7.35. The number of carbonyl (C=O) groups is 1. The zero-order valence-electron chi connectivity index (χ0n) is 21.7. The third kappa shape index (κ3) is 20.2. The lowest BCUT2D eigenvalue weighted by Gasteiger charge is -2.38. The summed E-state index contributed by atoms with van der Waals surface area (Å²) in [6.45, 7) is 25.7. The van der Waals surface area contributed by atoms with Crippen molar-refractivity contribution in [3.63, 3.8) is 0 Å². The molecule has 31 heavy (non-hydrogen) atoms. The van der Waals surface area contributed by atoms with E-state index in [1.165, 1.54) is 6.92 Å². The molecule has 0 aromatic heterocycles. The minimum atomic E-state index is -1.84. The SMILES string of the molecule is C=C(C)C(=O)O.CCCC([SiH3])(OO[Si](C)(C)C)C(COO[Si](C)(C)C)OO[Si](C)(C)C. The average Bonchev–Trinajstić information content (AvgIpc) is 2.54. The van der Waals surface area contributed by atoms with E-state index in [9.17, 15) is 4.79 Å². The van der Waals surface area contributed by atoms with Crippen LogP contribution in [0.4, 0.5) is 0 Å². The lowest BCUT2D eigenvalue weighted by atomic mass is 10.1. The summed E-state index contributed by atoms with van der Waals surface area (Å²) in [5.41, 5.74) is 0.176. The van der Waals surface area contributed by atoms with Crippen molar-refractivity contribution < 1.29 is 38.3 Å². The lowest BCUT2D eigenvalue weighted by molar-refractivity contribution is -0.370. The third-order valence-electron chi connectivity index (χ3n) is 3.22. The fourth-order valence-corrected chi connectivity index (χ4v) is 4.03. The molecule has 0 amide bonds. The Hall–Kier alpha value is -0.162. The molecule has 2 atom stereocenters. The summed E-state index contributed by atoms with van der Waals surface area (Å²) in [6.07, 6.45) is 1.39. The monoisotopic (exact) mass is 514 g/mol. The van der Waals surface area contributed by atoms with Crippen molar-refractivity contribution in [2.24, 2.45) is 0 Å². The van der Waals surface area contributed by atoms with Gasteiger partial charge in [0, 0.05) is 5.57 Å². The van der Waals surface area contributed by atoms with E-state index < -0.39 is 42.2 Å². The quantitative estimate of drug-likeness (QED) is 0.159. The lowest BCUT2D eigenvalue weighted by Crippen LogP contribution is -2.52. The fourth-order valence-electron chi connectivity index (χ4n) is 1.75. The van der Waals surface area contributed by atoms with Crippen LogP contribution in [0.25, 0.3) is 0 Å². The van der Waals surface area contributed by atoms with Crippen molar-refractivity contribution in [2.75, 3.05) is 6.61 Å². The summed E-state index contributed by atoms with van der Waals surface area (Å²) in [4.78, 5) is 26.9. The van der Waals surface area contributed by atoms with E-state index in [1.807, 2.05) is 0 Å². The molecule has 0 aliphatic heterocycles. The van der Waals surface area contributed by atoms with Crippen LogP contribution in [0, 0.1) is 0 Å². The minimum Gasteiger partial charge on any atom is -0.478 e. The first kappa shape index (κ1) is 33.0. The molecule has 0 aliphatic carbocycles. The number of aliphatic carboxylic acids is 1. The van der Waals surface area contributed by atoms with Gasteiger partial charge < -0.3 is 5.11 Å². The molecule has 0 rings (SSSR count). The molecule has 8 nitrogen and oxygen atoms in total. The average molecular weight is 515 g/mol. The predicted molar refractivity (Wildman–Crippen MR) is 135 cm³/mol. The first-order valence-corrected chi connectivity index (χ1v) is 21.9. The van der Waals surface area contributed by atoms with Gasteiger partial charge in [0.2, 0.25) is 25.0 Å². The van der Waals surface area contributed by atoms with E-state index in [1.54, 1.807) is 0 Å². The number of carboxylic acids is 1. The molecular weight excluding hydrogens is 469 g/mol. The Morgan fingerprint density at radius 2 is 1.39 bits per heavy atom. The highest BCUT2D eigenvalue weighted by atomic mass is 28.4. The van der Waals surface area contributed by atoms with Gasteiger partial charge in [-0.1, -0.05) is 19.9 Å². The van der Waals surface area contributed by atoms with Crippen LogP contribution in [-0.4, -0.2) is 64.2 Å². The van der Waals surface area contributed by atoms with Crippen LogP contribution >= 0.6 is 0 Å². The molecule has 1 N–H and O–H groups in total. The van der Waals surface area contributed by atoms with Gasteiger partial charge in [0.1, 0.15) is 17.9 Å². The Morgan fingerprint density at radius 1 is 0.968 bits per heavy atom. The smallest absolute Gasteiger partial charge is 0.330 e. The molecule has 0 saturated heterocycles. The molecule has 0 heterocycles. The summed E-state index contributed by atoms with van der Waals surface area (Å²) >= 11 is 0. The Balaban J connectivity index is 0. The van der Waals surface area contributed by atoms with Crippen molar-refractivity contribution in [3.8, 4) is 0 Å². The first-order valence-electron chi connectivity index (χ1n) is 10.6. The Morgan fingerprint density at radius 3 is 1.71 bits per heavy atom. The number of hydrogen-bond acceptors (Lipinski definition) is 7. The van der Waals surface area contributed by atoms with E-state index in [0.717, 1.165) is 23.1 Å². The first-order chi connectivity index (χ1) is 13.7. The van der Waals surface area contributed by atoms with Gasteiger partial charge in [-0.05, 0) is 72.3 Å². The van der Waals surface area contributed by atoms with Crippen LogP contribution < -0.4 is 0 Å². The highest BCUT2D eigenvalue weighted by molar-refractivity contribution is 6.70. The molecule has 0 fully saturated rings. The second-order valence-corrected chi connectivity index (χ2v) is 25.6. The Kier molecular flexibility index (Phi) is 15.1. The zero-order chi connectivity index (χ0) is 25.1. The van der Waals surface area contributed by atoms with Gasteiger partial charge in [0.05, 0.1) is 10.2 Å². The number of rotatable bonds is 14. The predicted octanol–water partition coefficient (Wildman–Crippen LogP) is 4.21. The largest absolute Gasteiger partial charge is 0.478 e. The normalized spacial score (nSPS) is 15.6. The molecular formula is C19H46O8Si4. The standard InChI is InChI=1S/C15H40O6Si4.C4H6O2/c1-11-12-15(22,18-21-25(8,9)10)14(17-20-24(5,6)7)13-16-19-23(2,3)4;1-3(2)4(5)6/h14H,11-13H2,1-10,22H3;1H2,2H3,(H,5,6). The van der Waals surface area contributed by atoms with Crippen LogP contribution in [0.5, 0.6) is 0 Å². The molecule has 12 heteroatoms. The fraction of sp³-hybridized carbons (Fsp3) is 0.842. The maximum Gasteiger partial charge on any atom is 0.330 e. The van der Waals surface area contributed by atoms with Crippen LogP contribution in [0.15, 0.2) is 12.2 Å². The van der Waals surface area contributed by atoms with E-state index in [-0.39, 0.29) is 12.2 Å². The van der Waals surface area contributed by atoms with Gasteiger partial charge >= 0.3 is 5.97 Å². The zero-order valence-corrected chi connectivity index (χ0v) is 26.7. The van der Waals surface area contributed by atoms with Gasteiger partial charge in [0.15, 0.2) is 0 Å². The van der Waals surface area contributed by atoms with E-state index in [4.69, 9.17) is 33.5 Å². The summed E-state index contributed by atoms with van der Waals surface area (Å²) in [5.74, 6) is -0.935. The number of carboxylic acid groups (broad SMARTS) is 1. The minimum absolute atomic E-state index is 0.176. The van der Waals surface area contributed by atoms with Gasteiger partial charge in [0.25, 0.3) is 0 Å². The highest BCUT2D eigenvalue weighted by Crippen LogP contribution is 2.26. The van der Waals surface area contributed by atoms with E-state index >= 15 is 0 Å². The summed E-state index contributed by atoms with van der Waals surface area (Å²) < 4.78 is 17.0. The van der Waals surface area contributed by atoms with Gasteiger partial charge in [-0.25, -0.2) is 19.5 Å². The molecule has 2 unspecified atom stereocenters. The van der Waals surface area contributed by atoms with Crippen LogP contribution in [-0.2, 0) is 33.2 Å². The summed E-state index contributed by atoms with van der Waals surface area (Å²) in [6, 6.07) is 0. The van der Waals surface area contributed by atoms with E-state index in [2.05, 4.69) is 72.4 Å². The molecule has 186 valence electrons. The molecule has 0 aromatic carbocycles. The topological polar surface area (TPSA) is 92.7 Å². The Labute approximate surface area is 195 Å². The second kappa shape index (κ2) is 14.2. The molecule has 0 radical (unpaired) electrons. The van der Waals surface area contributed by atoms with Crippen molar-refractivity contribution >= 4 is 41.2 Å². The van der Waals surface area contributed by atoms with Gasteiger partial charge in [-0.2, -0.15) is 0 Å². The Bertz CT molecular complexity index is 528. The maximum absolute atomic E-state index is 9.60. The van der Waals surface area contributed by atoms with E-state index in [0.29, 0.717) is 0 Å². The van der Waals surface area contributed by atoms with Crippen molar-refractivity contribution in [3.05, 3.63) is 12.2 Å². The molecule has 0 aromatic rings. The molecule has 0 aliphatic rings. The second-order valence-electron chi connectivity index (χ2n) is 10.7. The van der Waals surface area contributed by atoms with Crippen molar-refractivity contribution in [1.82, 2.24) is 0 Å². The van der Waals surface area contributed by atoms with Gasteiger partial charge in [-0.3, -0.25) is 13.7 Å². The maximum atomic E-state index is 9.60.